The number of carbonyl (C=O) groups excluding carboxylic acids is 1. The molecule has 0 fully saturated rings. The fourth-order valence-electron chi connectivity index (χ4n) is 0.239. The molecule has 5 nitrogen and oxygen atoms in total. The second kappa shape index (κ2) is 2.78. The lowest BCUT2D eigenvalue weighted by atomic mass is 10.1. The van der Waals surface area contributed by atoms with E-state index in [2.05, 4.69) is 4.18 Å². The highest BCUT2D eigenvalue weighted by Crippen LogP contribution is 2.05. The largest absolute Gasteiger partial charge is 0.379 e. The first kappa shape index (κ1) is 10.4. The zero-order valence-electron chi connectivity index (χ0n) is 6.49. The molecule has 0 saturated heterocycles. The van der Waals surface area contributed by atoms with Crippen LogP contribution in [-0.4, -0.2) is 31.4 Å². The van der Waals surface area contributed by atoms with Crippen LogP contribution in [0.25, 0.3) is 0 Å². The van der Waals surface area contributed by atoms with E-state index in [1.165, 1.54) is 0 Å². The lowest BCUT2D eigenvalue weighted by Crippen LogP contribution is -2.34. The molecule has 0 aromatic heterocycles. The van der Waals surface area contributed by atoms with E-state index in [1.807, 2.05) is 0 Å². The van der Waals surface area contributed by atoms with Crippen molar-refractivity contribution >= 4 is 16.1 Å². The molecule has 0 heterocycles. The van der Waals surface area contributed by atoms with Crippen molar-refractivity contribution in [2.24, 2.45) is 0 Å². The summed E-state index contributed by atoms with van der Waals surface area (Å²) in [4.78, 5) is 10.6. The summed E-state index contributed by atoms with van der Waals surface area (Å²) in [6, 6.07) is 0. The lowest BCUT2D eigenvalue weighted by molar-refractivity contribution is -0.150. The molecule has 0 aromatic carbocycles. The predicted octanol–water partition coefficient (Wildman–Crippen LogP) is -0.740. The van der Waals surface area contributed by atoms with Gasteiger partial charge < -0.3 is 9.29 Å². The van der Waals surface area contributed by atoms with Crippen molar-refractivity contribution in [3.63, 3.8) is 0 Å². The Hall–Kier alpha value is -0.620. The smallest absolute Gasteiger partial charge is 0.353 e. The van der Waals surface area contributed by atoms with Crippen LogP contribution in [0.2, 0.25) is 0 Å². The maximum atomic E-state index is 10.6. The summed E-state index contributed by atoms with van der Waals surface area (Å²) in [5.41, 5.74) is -1.77. The van der Waals surface area contributed by atoms with E-state index in [4.69, 9.17) is 5.11 Å². The van der Waals surface area contributed by atoms with Crippen LogP contribution in [0.4, 0.5) is 0 Å². The number of carbonyl (C=O) groups is 1. The summed E-state index contributed by atoms with van der Waals surface area (Å²) in [6.45, 7) is 2.28. The van der Waals surface area contributed by atoms with Gasteiger partial charge in [0.05, 0.1) is 6.26 Å². The molecule has 0 unspecified atom stereocenters. The van der Waals surface area contributed by atoms with E-state index in [1.54, 1.807) is 0 Å². The van der Waals surface area contributed by atoms with Gasteiger partial charge in [-0.2, -0.15) is 8.42 Å². The molecule has 0 radical (unpaired) electrons. The third-order valence-electron chi connectivity index (χ3n) is 0.727. The maximum absolute atomic E-state index is 10.6. The van der Waals surface area contributed by atoms with Gasteiger partial charge >= 0.3 is 16.1 Å². The van der Waals surface area contributed by atoms with E-state index in [9.17, 15) is 13.2 Å². The Balaban J connectivity index is 4.35. The molecule has 11 heavy (non-hydrogen) atoms. The van der Waals surface area contributed by atoms with Crippen LogP contribution in [-0.2, 0) is 19.1 Å². The Morgan fingerprint density at radius 3 is 1.91 bits per heavy atom. The lowest BCUT2D eigenvalue weighted by Gasteiger charge is -2.13. The summed E-state index contributed by atoms with van der Waals surface area (Å²) in [6.07, 6.45) is 0.733. The van der Waals surface area contributed by atoms with Gasteiger partial charge in [0.2, 0.25) is 0 Å². The van der Waals surface area contributed by atoms with Crippen LogP contribution < -0.4 is 0 Å². The number of rotatable bonds is 2. The molecule has 0 aliphatic carbocycles. The number of hydrogen-bond donors (Lipinski definition) is 1. The van der Waals surface area contributed by atoms with Crippen LogP contribution in [0.1, 0.15) is 13.8 Å². The van der Waals surface area contributed by atoms with Crippen molar-refractivity contribution in [1.29, 1.82) is 0 Å². The van der Waals surface area contributed by atoms with Crippen molar-refractivity contribution in [3.05, 3.63) is 0 Å². The molecular formula is C5H10O5S. The monoisotopic (exact) mass is 182 g/mol. The molecule has 66 valence electrons. The van der Waals surface area contributed by atoms with E-state index >= 15 is 0 Å². The molecule has 6 heteroatoms. The highest BCUT2D eigenvalue weighted by molar-refractivity contribution is 7.86. The number of aliphatic hydroxyl groups is 1. The fraction of sp³-hybridized carbons (Fsp3) is 0.800. The minimum absolute atomic E-state index is 0.733. The third-order valence-corrected chi connectivity index (χ3v) is 1.18. The standard InChI is InChI=1S/C5H10O5S/c1-5(2,7)4(6)10-11(3,8)9/h7H,1-3H3. The molecule has 0 rings (SSSR count). The van der Waals surface area contributed by atoms with E-state index in [0.717, 1.165) is 20.1 Å². The number of hydrogen-bond acceptors (Lipinski definition) is 5. The molecule has 0 aliphatic heterocycles. The van der Waals surface area contributed by atoms with Gasteiger partial charge in [-0.3, -0.25) is 0 Å². The maximum Gasteiger partial charge on any atom is 0.353 e. The van der Waals surface area contributed by atoms with Gasteiger partial charge in [-0.1, -0.05) is 0 Å². The van der Waals surface area contributed by atoms with Crippen LogP contribution in [0.15, 0.2) is 0 Å². The topological polar surface area (TPSA) is 80.7 Å². The molecular weight excluding hydrogens is 172 g/mol. The van der Waals surface area contributed by atoms with Crippen molar-refractivity contribution < 1.29 is 22.5 Å². The fourth-order valence-corrected chi connectivity index (χ4v) is 0.718. The molecule has 0 atom stereocenters. The van der Waals surface area contributed by atoms with Crippen LogP contribution >= 0.6 is 0 Å². The molecule has 0 spiro atoms. The van der Waals surface area contributed by atoms with E-state index in [0.29, 0.717) is 0 Å². The first-order valence-corrected chi connectivity index (χ1v) is 4.61. The van der Waals surface area contributed by atoms with Crippen molar-refractivity contribution in [1.82, 2.24) is 0 Å². The Labute approximate surface area is 65.1 Å². The van der Waals surface area contributed by atoms with Gasteiger partial charge in [0.1, 0.15) is 0 Å². The SMILES string of the molecule is CC(C)(O)C(=O)OS(C)(=O)=O. The molecule has 0 amide bonds. The minimum Gasteiger partial charge on any atom is -0.379 e. The van der Waals surface area contributed by atoms with Gasteiger partial charge in [-0.05, 0) is 13.8 Å². The van der Waals surface area contributed by atoms with Crippen molar-refractivity contribution in [2.45, 2.75) is 19.4 Å². The van der Waals surface area contributed by atoms with Crippen LogP contribution in [0.5, 0.6) is 0 Å². The van der Waals surface area contributed by atoms with Gasteiger partial charge in [0.25, 0.3) is 0 Å². The van der Waals surface area contributed by atoms with Gasteiger partial charge in [0, 0.05) is 0 Å². The summed E-state index contributed by atoms with van der Waals surface area (Å²) in [5.74, 6) is -1.18. The molecule has 0 aromatic rings. The average Bonchev–Trinajstić information content (AvgIpc) is 1.56. The van der Waals surface area contributed by atoms with Crippen LogP contribution in [0, 0.1) is 0 Å². The summed E-state index contributed by atoms with van der Waals surface area (Å²) < 4.78 is 24.6. The normalized spacial score (nSPS) is 12.7. The predicted molar refractivity (Wildman–Crippen MR) is 37.2 cm³/mol. The minimum atomic E-state index is -3.82. The zero-order valence-corrected chi connectivity index (χ0v) is 7.30. The van der Waals surface area contributed by atoms with E-state index in [-0.39, 0.29) is 0 Å². The van der Waals surface area contributed by atoms with E-state index < -0.39 is 21.7 Å². The van der Waals surface area contributed by atoms with Gasteiger partial charge in [-0.15, -0.1) is 0 Å². The van der Waals surface area contributed by atoms with Crippen molar-refractivity contribution in [3.8, 4) is 0 Å². The summed E-state index contributed by atoms with van der Waals surface area (Å²) in [5, 5.41) is 8.91. The zero-order chi connectivity index (χ0) is 9.28. The highest BCUT2D eigenvalue weighted by atomic mass is 32.2. The third kappa shape index (κ3) is 4.74. The quantitative estimate of drug-likeness (QED) is 0.569. The first-order chi connectivity index (χ1) is 4.63. The molecule has 0 saturated carbocycles. The molecule has 1 N–H and O–H groups in total. The second-order valence-corrected chi connectivity index (χ2v) is 4.21. The molecule has 0 bridgehead atoms. The Bertz CT molecular complexity index is 245. The summed E-state index contributed by atoms with van der Waals surface area (Å²) in [7, 11) is -3.82. The Morgan fingerprint density at radius 2 is 1.82 bits per heavy atom. The second-order valence-electron chi connectivity index (χ2n) is 2.63. The average molecular weight is 182 g/mol. The molecule has 0 aliphatic rings. The van der Waals surface area contributed by atoms with Crippen LogP contribution in [0.3, 0.4) is 0 Å². The summed E-state index contributed by atoms with van der Waals surface area (Å²) >= 11 is 0. The highest BCUT2D eigenvalue weighted by Gasteiger charge is 2.28. The first-order valence-electron chi connectivity index (χ1n) is 2.79. The van der Waals surface area contributed by atoms with Crippen molar-refractivity contribution in [2.75, 3.05) is 6.26 Å². The van der Waals surface area contributed by atoms with Gasteiger partial charge in [0.15, 0.2) is 5.60 Å². The Morgan fingerprint density at radius 1 is 1.45 bits per heavy atom. The van der Waals surface area contributed by atoms with Gasteiger partial charge in [-0.25, -0.2) is 4.79 Å². The Kier molecular flexibility index (Phi) is 2.63.